The van der Waals surface area contributed by atoms with Crippen LogP contribution in [-0.4, -0.2) is 24.1 Å². The first-order valence-electron chi connectivity index (χ1n) is 7.44. The zero-order valence-electron chi connectivity index (χ0n) is 13.7. The molecule has 0 aliphatic carbocycles. The fourth-order valence-electron chi connectivity index (χ4n) is 2.16. The molecule has 0 aliphatic heterocycles. The molecule has 0 unspecified atom stereocenters. The predicted molar refractivity (Wildman–Crippen MR) is 106 cm³/mol. The van der Waals surface area contributed by atoms with Crippen molar-refractivity contribution in [2.75, 3.05) is 12.4 Å². The van der Waals surface area contributed by atoms with Crippen molar-refractivity contribution in [1.29, 1.82) is 0 Å². The maximum atomic E-state index is 12.4. The number of carbonyl (C=O) groups excluding carboxylic acids is 1. The molecule has 136 valence electrons. The minimum Gasteiger partial charge on any atom is -0.495 e. The second kappa shape index (κ2) is 7.88. The van der Waals surface area contributed by atoms with Gasteiger partial charge in [0.25, 0.3) is 5.91 Å². The SMILES string of the molecule is COc1cc2sc(NC(=O)[C@H](C)Oc3ccc(Cl)cc3Cl)nc2cc1Cl. The van der Waals surface area contributed by atoms with Gasteiger partial charge in [-0.3, -0.25) is 10.1 Å². The van der Waals surface area contributed by atoms with Crippen LogP contribution >= 0.6 is 46.1 Å². The van der Waals surface area contributed by atoms with Crippen molar-refractivity contribution in [2.24, 2.45) is 0 Å². The molecule has 1 amide bonds. The number of carbonyl (C=O) groups is 1. The van der Waals surface area contributed by atoms with Gasteiger partial charge in [0.1, 0.15) is 11.5 Å². The summed E-state index contributed by atoms with van der Waals surface area (Å²) >= 11 is 19.3. The maximum absolute atomic E-state index is 12.4. The van der Waals surface area contributed by atoms with Crippen LogP contribution in [0.25, 0.3) is 10.2 Å². The molecule has 0 spiro atoms. The first-order valence-corrected chi connectivity index (χ1v) is 9.39. The molecule has 1 aromatic heterocycles. The van der Waals surface area contributed by atoms with Gasteiger partial charge in [0.05, 0.1) is 27.4 Å². The van der Waals surface area contributed by atoms with Gasteiger partial charge >= 0.3 is 0 Å². The van der Waals surface area contributed by atoms with Crippen LogP contribution in [0, 0.1) is 0 Å². The van der Waals surface area contributed by atoms with Gasteiger partial charge in [-0.1, -0.05) is 46.1 Å². The van der Waals surface area contributed by atoms with Gasteiger partial charge < -0.3 is 9.47 Å². The molecular weight excluding hydrogens is 419 g/mol. The summed E-state index contributed by atoms with van der Waals surface area (Å²) in [4.78, 5) is 16.7. The first kappa shape index (κ1) is 19.0. The fraction of sp³-hybridized carbons (Fsp3) is 0.176. The third kappa shape index (κ3) is 4.15. The molecule has 0 bridgehead atoms. The summed E-state index contributed by atoms with van der Waals surface area (Å²) in [5.74, 6) is 0.572. The second-order valence-electron chi connectivity index (χ2n) is 5.30. The van der Waals surface area contributed by atoms with Gasteiger partial charge in [-0.2, -0.15) is 0 Å². The molecule has 9 heteroatoms. The summed E-state index contributed by atoms with van der Waals surface area (Å²) < 4.78 is 11.6. The van der Waals surface area contributed by atoms with Crippen LogP contribution in [0.15, 0.2) is 30.3 Å². The highest BCUT2D eigenvalue weighted by Crippen LogP contribution is 2.34. The van der Waals surface area contributed by atoms with Crippen LogP contribution in [0.5, 0.6) is 11.5 Å². The van der Waals surface area contributed by atoms with Crippen LogP contribution < -0.4 is 14.8 Å². The zero-order valence-corrected chi connectivity index (χ0v) is 16.8. The Hall–Kier alpha value is -1.73. The zero-order chi connectivity index (χ0) is 18.8. The van der Waals surface area contributed by atoms with E-state index in [9.17, 15) is 4.79 Å². The van der Waals surface area contributed by atoms with Crippen molar-refractivity contribution in [2.45, 2.75) is 13.0 Å². The number of anilines is 1. The highest BCUT2D eigenvalue weighted by Gasteiger charge is 2.18. The number of halogens is 3. The van der Waals surface area contributed by atoms with E-state index in [1.54, 1.807) is 37.3 Å². The highest BCUT2D eigenvalue weighted by molar-refractivity contribution is 7.22. The Morgan fingerprint density at radius 2 is 1.88 bits per heavy atom. The molecule has 3 rings (SSSR count). The molecule has 2 aromatic carbocycles. The second-order valence-corrected chi connectivity index (χ2v) is 7.58. The number of benzene rings is 2. The van der Waals surface area contributed by atoms with Gasteiger partial charge in [-0.05, 0) is 31.2 Å². The van der Waals surface area contributed by atoms with E-state index in [1.807, 2.05) is 0 Å². The summed E-state index contributed by atoms with van der Waals surface area (Å²) in [5.41, 5.74) is 0.672. The van der Waals surface area contributed by atoms with Gasteiger partial charge in [0.2, 0.25) is 0 Å². The van der Waals surface area contributed by atoms with E-state index in [1.165, 1.54) is 18.4 Å². The average Bonchev–Trinajstić information content (AvgIpc) is 2.97. The number of hydrogen-bond acceptors (Lipinski definition) is 5. The Morgan fingerprint density at radius 1 is 1.15 bits per heavy atom. The molecule has 1 N–H and O–H groups in total. The molecule has 26 heavy (non-hydrogen) atoms. The largest absolute Gasteiger partial charge is 0.495 e. The van der Waals surface area contributed by atoms with Crippen molar-refractivity contribution in [3.05, 3.63) is 45.4 Å². The van der Waals surface area contributed by atoms with Crippen molar-refractivity contribution < 1.29 is 14.3 Å². The van der Waals surface area contributed by atoms with Crippen LogP contribution in [0.4, 0.5) is 5.13 Å². The molecule has 5 nitrogen and oxygen atoms in total. The number of hydrogen-bond donors (Lipinski definition) is 1. The normalized spacial score (nSPS) is 12.0. The van der Waals surface area contributed by atoms with Crippen LogP contribution in [0.1, 0.15) is 6.92 Å². The molecule has 0 saturated heterocycles. The quantitative estimate of drug-likeness (QED) is 0.565. The lowest BCUT2D eigenvalue weighted by Crippen LogP contribution is -2.30. The molecule has 3 aromatic rings. The summed E-state index contributed by atoms with van der Waals surface area (Å²) in [7, 11) is 1.54. The molecule has 1 heterocycles. The number of aromatic nitrogens is 1. The number of methoxy groups -OCH3 is 1. The lowest BCUT2D eigenvalue weighted by atomic mass is 10.3. The Balaban J connectivity index is 1.73. The Morgan fingerprint density at radius 3 is 2.58 bits per heavy atom. The van der Waals surface area contributed by atoms with E-state index in [2.05, 4.69) is 10.3 Å². The third-order valence-electron chi connectivity index (χ3n) is 3.46. The summed E-state index contributed by atoms with van der Waals surface area (Å²) in [6.07, 6.45) is -0.779. The van der Waals surface area contributed by atoms with E-state index in [0.29, 0.717) is 37.2 Å². The predicted octanol–water partition coefficient (Wildman–Crippen LogP) is 5.67. The van der Waals surface area contributed by atoms with Crippen LogP contribution in [0.2, 0.25) is 15.1 Å². The van der Waals surface area contributed by atoms with Gasteiger partial charge in [0, 0.05) is 11.1 Å². The molecule has 0 saturated carbocycles. The van der Waals surface area contributed by atoms with Crippen molar-refractivity contribution in [1.82, 2.24) is 4.98 Å². The molecule has 1 atom stereocenters. The lowest BCUT2D eigenvalue weighted by Gasteiger charge is -2.14. The van der Waals surface area contributed by atoms with Gasteiger partial charge in [-0.15, -0.1) is 0 Å². The monoisotopic (exact) mass is 430 g/mol. The molecular formula is C17H13Cl3N2O3S. The molecule has 0 radical (unpaired) electrons. The highest BCUT2D eigenvalue weighted by atomic mass is 35.5. The number of rotatable bonds is 5. The molecule has 0 aliphatic rings. The van der Waals surface area contributed by atoms with E-state index >= 15 is 0 Å². The smallest absolute Gasteiger partial charge is 0.266 e. The molecule has 0 fully saturated rings. The van der Waals surface area contributed by atoms with Crippen molar-refractivity contribution in [3.63, 3.8) is 0 Å². The number of amides is 1. The first-order chi connectivity index (χ1) is 12.4. The number of nitrogens with one attached hydrogen (secondary N) is 1. The summed E-state index contributed by atoms with van der Waals surface area (Å²) in [6, 6.07) is 8.26. The van der Waals surface area contributed by atoms with E-state index in [4.69, 9.17) is 44.3 Å². The fourth-order valence-corrected chi connectivity index (χ4v) is 3.73. The number of ether oxygens (including phenoxy) is 2. The Kier molecular flexibility index (Phi) is 5.77. The standard InChI is InChI=1S/C17H13Cl3N2O3S/c1-8(25-13-4-3-9(18)5-10(13)19)16(23)22-17-21-12-6-11(20)14(24-2)7-15(12)26-17/h3-8H,1-2H3,(H,21,22,23)/t8-/m0/s1. The number of nitrogens with zero attached hydrogens (tertiary/aromatic N) is 1. The Labute approximate surface area is 168 Å². The topological polar surface area (TPSA) is 60.5 Å². The Bertz CT molecular complexity index is 977. The summed E-state index contributed by atoms with van der Waals surface area (Å²) in [5, 5.41) is 4.44. The van der Waals surface area contributed by atoms with Crippen LogP contribution in [0.3, 0.4) is 0 Å². The van der Waals surface area contributed by atoms with E-state index in [-0.39, 0.29) is 5.91 Å². The van der Waals surface area contributed by atoms with E-state index < -0.39 is 6.10 Å². The minimum absolute atomic E-state index is 0.332. The van der Waals surface area contributed by atoms with Gasteiger partial charge in [0.15, 0.2) is 11.2 Å². The minimum atomic E-state index is -0.779. The maximum Gasteiger partial charge on any atom is 0.266 e. The van der Waals surface area contributed by atoms with Crippen molar-refractivity contribution >= 4 is 67.4 Å². The van der Waals surface area contributed by atoms with E-state index in [0.717, 1.165) is 4.70 Å². The summed E-state index contributed by atoms with van der Waals surface area (Å²) in [6.45, 7) is 1.62. The van der Waals surface area contributed by atoms with Crippen LogP contribution in [-0.2, 0) is 4.79 Å². The number of thiazole rings is 1. The number of fused-ring (bicyclic) bond motifs is 1. The van der Waals surface area contributed by atoms with Crippen molar-refractivity contribution in [3.8, 4) is 11.5 Å². The third-order valence-corrected chi connectivity index (χ3v) is 5.22. The average molecular weight is 432 g/mol. The van der Waals surface area contributed by atoms with Gasteiger partial charge in [-0.25, -0.2) is 4.98 Å². The lowest BCUT2D eigenvalue weighted by molar-refractivity contribution is -0.122.